The molecular weight excluding hydrogens is 90.0 g/mol. The second-order valence-electron chi connectivity index (χ2n) is 0.793. The summed E-state index contributed by atoms with van der Waals surface area (Å²) in [6.07, 6.45) is -2.91. The van der Waals surface area contributed by atoms with E-state index < -0.39 is 12.8 Å². The molecule has 0 saturated heterocycles. The highest BCUT2D eigenvalue weighted by Crippen LogP contribution is 1.92. The van der Waals surface area contributed by atoms with Gasteiger partial charge < -0.3 is 4.79 Å². The van der Waals surface area contributed by atoms with E-state index in [9.17, 15) is 8.78 Å². The Morgan fingerprint density at radius 3 is 2.17 bits per heavy atom. The van der Waals surface area contributed by atoms with Crippen LogP contribution in [0.15, 0.2) is 0 Å². The minimum absolute atomic E-state index is 0.199. The third-order valence-corrected chi connectivity index (χ3v) is 0.274. The van der Waals surface area contributed by atoms with Crippen molar-refractivity contribution < 1.29 is 13.6 Å². The van der Waals surface area contributed by atoms with Gasteiger partial charge in [0, 0.05) is 0 Å². The van der Waals surface area contributed by atoms with Crippen LogP contribution in [0.2, 0.25) is 0 Å². The standard InChI is InChI=1S/C3H4F2O/c4-3(5)1-2-6/h2-3H,1H2. The quantitative estimate of drug-likeness (QED) is 0.463. The molecule has 0 amide bonds. The molecule has 0 aliphatic carbocycles. The van der Waals surface area contributed by atoms with E-state index in [4.69, 9.17) is 4.79 Å². The van der Waals surface area contributed by atoms with E-state index in [-0.39, 0.29) is 6.29 Å². The first kappa shape index (κ1) is 5.53. The molecule has 0 aromatic carbocycles. The van der Waals surface area contributed by atoms with Crippen molar-refractivity contribution in [2.24, 2.45) is 0 Å². The largest absolute Gasteiger partial charge is 0.303 e. The summed E-state index contributed by atoms with van der Waals surface area (Å²) in [5.74, 6) is 0. The van der Waals surface area contributed by atoms with E-state index in [2.05, 4.69) is 0 Å². The molecule has 0 aromatic rings. The number of hydrogen-bond donors (Lipinski definition) is 0. The van der Waals surface area contributed by atoms with Crippen molar-refractivity contribution in [1.29, 1.82) is 0 Å². The Kier molecular flexibility index (Phi) is 2.54. The van der Waals surface area contributed by atoms with Crippen molar-refractivity contribution >= 4 is 6.29 Å². The van der Waals surface area contributed by atoms with Crippen LogP contribution in [0, 0.1) is 0 Å². The van der Waals surface area contributed by atoms with Gasteiger partial charge in [0.05, 0.1) is 6.42 Å². The first-order valence-electron chi connectivity index (χ1n) is 1.49. The number of halogens is 2. The molecule has 3 heteroatoms. The third kappa shape index (κ3) is 3.53. The van der Waals surface area contributed by atoms with Crippen LogP contribution in [-0.4, -0.2) is 12.7 Å². The minimum atomic E-state index is -2.47. The van der Waals surface area contributed by atoms with E-state index in [1.807, 2.05) is 0 Å². The molecule has 0 aliphatic heterocycles. The molecule has 0 heterocycles. The highest BCUT2D eigenvalue weighted by molar-refractivity contribution is 5.49. The average Bonchev–Trinajstić information content (AvgIpc) is 1.35. The van der Waals surface area contributed by atoms with Gasteiger partial charge in [0.25, 0.3) is 0 Å². The number of rotatable bonds is 2. The van der Waals surface area contributed by atoms with Crippen molar-refractivity contribution in [1.82, 2.24) is 0 Å². The van der Waals surface area contributed by atoms with Gasteiger partial charge in [-0.2, -0.15) is 0 Å². The molecule has 0 atom stereocenters. The van der Waals surface area contributed by atoms with Crippen LogP contribution >= 0.6 is 0 Å². The summed E-state index contributed by atoms with van der Waals surface area (Å²) >= 11 is 0. The molecule has 0 aromatic heterocycles. The Morgan fingerprint density at radius 2 is 2.17 bits per heavy atom. The number of alkyl halides is 2. The first-order valence-corrected chi connectivity index (χ1v) is 1.49. The molecule has 0 bridgehead atoms. The monoisotopic (exact) mass is 94.0 g/mol. The van der Waals surface area contributed by atoms with Crippen molar-refractivity contribution in [3.05, 3.63) is 0 Å². The Balaban J connectivity index is 2.81. The molecule has 36 valence electrons. The first-order chi connectivity index (χ1) is 2.77. The van der Waals surface area contributed by atoms with Crippen LogP contribution in [-0.2, 0) is 4.79 Å². The molecule has 0 rings (SSSR count). The highest BCUT2D eigenvalue weighted by atomic mass is 19.3. The molecular formula is C3H4F2O. The normalized spacial score (nSPS) is 9.17. The molecule has 0 radical (unpaired) electrons. The molecule has 0 aliphatic rings. The topological polar surface area (TPSA) is 17.1 Å². The fourth-order valence-corrected chi connectivity index (χ4v) is 0.0727. The minimum Gasteiger partial charge on any atom is -0.303 e. The lowest BCUT2D eigenvalue weighted by molar-refractivity contribution is -0.110. The van der Waals surface area contributed by atoms with Gasteiger partial charge in [-0.3, -0.25) is 0 Å². The number of carbonyl (C=O) groups is 1. The second kappa shape index (κ2) is 2.75. The predicted molar refractivity (Wildman–Crippen MR) is 16.7 cm³/mol. The molecule has 0 spiro atoms. The molecule has 0 N–H and O–H groups in total. The SMILES string of the molecule is O=CCC(F)F. The third-order valence-electron chi connectivity index (χ3n) is 0.274. The van der Waals surface area contributed by atoms with E-state index in [1.165, 1.54) is 0 Å². The molecule has 6 heavy (non-hydrogen) atoms. The summed E-state index contributed by atoms with van der Waals surface area (Å²) in [6, 6.07) is 0. The van der Waals surface area contributed by atoms with E-state index in [0.29, 0.717) is 0 Å². The van der Waals surface area contributed by atoms with Gasteiger partial charge in [-0.1, -0.05) is 0 Å². The van der Waals surface area contributed by atoms with Gasteiger partial charge in [0.1, 0.15) is 6.29 Å². The molecule has 0 saturated carbocycles. The van der Waals surface area contributed by atoms with Crippen LogP contribution < -0.4 is 0 Å². The summed E-state index contributed by atoms with van der Waals surface area (Å²) in [5.41, 5.74) is 0. The number of carbonyl (C=O) groups excluding carboxylic acids is 1. The van der Waals surface area contributed by atoms with Crippen molar-refractivity contribution in [2.45, 2.75) is 12.8 Å². The average molecular weight is 94.1 g/mol. The van der Waals surface area contributed by atoms with Gasteiger partial charge in [-0.15, -0.1) is 0 Å². The zero-order valence-corrected chi connectivity index (χ0v) is 3.03. The summed E-state index contributed by atoms with van der Waals surface area (Å²) in [5, 5.41) is 0. The smallest absolute Gasteiger partial charge is 0.245 e. The number of aldehydes is 1. The Labute approximate surface area is 34.0 Å². The van der Waals surface area contributed by atoms with Gasteiger partial charge in [-0.25, -0.2) is 8.78 Å². The summed E-state index contributed by atoms with van der Waals surface area (Å²) in [7, 11) is 0. The second-order valence-corrected chi connectivity index (χ2v) is 0.793. The number of hydrogen-bond acceptors (Lipinski definition) is 1. The lowest BCUT2D eigenvalue weighted by Gasteiger charge is -1.81. The van der Waals surface area contributed by atoms with Crippen molar-refractivity contribution in [3.63, 3.8) is 0 Å². The molecule has 1 nitrogen and oxygen atoms in total. The maximum atomic E-state index is 10.8. The zero-order chi connectivity index (χ0) is 4.99. The van der Waals surface area contributed by atoms with E-state index in [0.717, 1.165) is 0 Å². The lowest BCUT2D eigenvalue weighted by Crippen LogP contribution is -1.87. The van der Waals surface area contributed by atoms with Gasteiger partial charge in [-0.05, 0) is 0 Å². The fraction of sp³-hybridized carbons (Fsp3) is 0.667. The Hall–Kier alpha value is -0.470. The summed E-state index contributed by atoms with van der Waals surface area (Å²) in [6.45, 7) is 0. The van der Waals surface area contributed by atoms with Crippen LogP contribution in [0.3, 0.4) is 0 Å². The maximum Gasteiger partial charge on any atom is 0.245 e. The zero-order valence-electron chi connectivity index (χ0n) is 3.03. The lowest BCUT2D eigenvalue weighted by atomic mass is 10.5. The predicted octanol–water partition coefficient (Wildman–Crippen LogP) is 0.841. The van der Waals surface area contributed by atoms with Gasteiger partial charge in [0.15, 0.2) is 0 Å². The fourth-order valence-electron chi connectivity index (χ4n) is 0.0727. The van der Waals surface area contributed by atoms with Crippen LogP contribution in [0.5, 0.6) is 0 Å². The highest BCUT2D eigenvalue weighted by Gasteiger charge is 1.96. The maximum absolute atomic E-state index is 10.8. The van der Waals surface area contributed by atoms with Crippen LogP contribution in [0.1, 0.15) is 6.42 Å². The Morgan fingerprint density at radius 1 is 1.67 bits per heavy atom. The van der Waals surface area contributed by atoms with E-state index in [1.54, 1.807) is 0 Å². The van der Waals surface area contributed by atoms with E-state index >= 15 is 0 Å². The summed E-state index contributed by atoms with van der Waals surface area (Å²) in [4.78, 5) is 9.14. The van der Waals surface area contributed by atoms with Gasteiger partial charge >= 0.3 is 0 Å². The van der Waals surface area contributed by atoms with Gasteiger partial charge in [0.2, 0.25) is 6.43 Å². The molecule has 0 unspecified atom stereocenters. The summed E-state index contributed by atoms with van der Waals surface area (Å²) < 4.78 is 21.6. The van der Waals surface area contributed by atoms with Crippen molar-refractivity contribution in [3.8, 4) is 0 Å². The van der Waals surface area contributed by atoms with Crippen LogP contribution in [0.25, 0.3) is 0 Å². The van der Waals surface area contributed by atoms with Crippen molar-refractivity contribution in [2.75, 3.05) is 0 Å². The molecule has 0 fully saturated rings. The Bertz CT molecular complexity index is 44.1. The van der Waals surface area contributed by atoms with Crippen LogP contribution in [0.4, 0.5) is 8.78 Å².